The molecule has 3 aromatic heterocycles. The second kappa shape index (κ2) is 6.70. The molecule has 1 aromatic carbocycles. The van der Waals surface area contributed by atoms with Gasteiger partial charge in [0.2, 0.25) is 5.91 Å². The first-order chi connectivity index (χ1) is 14.0. The number of amides is 1. The van der Waals surface area contributed by atoms with Gasteiger partial charge in [-0.25, -0.2) is 0 Å². The number of thioether (sulfide) groups is 1. The molecule has 8 nitrogen and oxygen atoms in total. The Kier molecular flexibility index (Phi) is 4.13. The lowest BCUT2D eigenvalue weighted by Gasteiger charge is -2.24. The van der Waals surface area contributed by atoms with Gasteiger partial charge in [-0.15, -0.1) is 27.1 Å². The van der Waals surface area contributed by atoms with Crippen molar-refractivity contribution in [2.75, 3.05) is 11.6 Å². The van der Waals surface area contributed by atoms with Crippen LogP contribution in [0.4, 0.5) is 5.82 Å². The number of nitrogens with zero attached hydrogens (tertiary/aromatic N) is 6. The first-order valence-corrected chi connectivity index (χ1v) is 10.5. The van der Waals surface area contributed by atoms with Crippen molar-refractivity contribution in [1.29, 1.82) is 0 Å². The van der Waals surface area contributed by atoms with Gasteiger partial charge in [-0.1, -0.05) is 12.1 Å². The first-order valence-electron chi connectivity index (χ1n) is 9.28. The summed E-state index contributed by atoms with van der Waals surface area (Å²) >= 11 is 1.70. The molecule has 0 fully saturated rings. The summed E-state index contributed by atoms with van der Waals surface area (Å²) in [4.78, 5) is 13.7. The third-order valence-corrected chi connectivity index (χ3v) is 5.99. The Balaban J connectivity index is 1.65. The zero-order valence-corrected chi connectivity index (χ0v) is 17.1. The van der Waals surface area contributed by atoms with Crippen molar-refractivity contribution in [3.8, 4) is 5.82 Å². The monoisotopic (exact) mass is 405 g/mol. The van der Waals surface area contributed by atoms with Gasteiger partial charge in [0.1, 0.15) is 5.82 Å². The van der Waals surface area contributed by atoms with Gasteiger partial charge in [0.05, 0.1) is 5.69 Å². The van der Waals surface area contributed by atoms with E-state index >= 15 is 0 Å². The Labute approximate surface area is 171 Å². The SMILES string of the molecule is CSc1ccc([C@@H]2CC(=O)Nc3c2c(C)nn3-c2ccc3nnc(C)n3n2)cc1. The predicted molar refractivity (Wildman–Crippen MR) is 111 cm³/mol. The largest absolute Gasteiger partial charge is 0.310 e. The molecule has 29 heavy (non-hydrogen) atoms. The topological polar surface area (TPSA) is 90.0 Å². The number of hydrogen-bond donors (Lipinski definition) is 1. The van der Waals surface area contributed by atoms with Crippen LogP contribution in [-0.2, 0) is 4.79 Å². The number of hydrogen-bond acceptors (Lipinski definition) is 6. The van der Waals surface area contributed by atoms with E-state index in [0.29, 0.717) is 29.5 Å². The molecule has 0 aliphatic carbocycles. The minimum atomic E-state index is -0.0382. The highest BCUT2D eigenvalue weighted by atomic mass is 32.2. The Morgan fingerprint density at radius 3 is 2.62 bits per heavy atom. The molecule has 4 heterocycles. The van der Waals surface area contributed by atoms with Crippen molar-refractivity contribution in [2.24, 2.45) is 0 Å². The molecular weight excluding hydrogens is 386 g/mol. The van der Waals surface area contributed by atoms with E-state index in [1.54, 1.807) is 21.0 Å². The number of carbonyl (C=O) groups is 1. The van der Waals surface area contributed by atoms with Gasteiger partial charge < -0.3 is 5.32 Å². The van der Waals surface area contributed by atoms with Gasteiger partial charge in [0.15, 0.2) is 17.3 Å². The number of fused-ring (bicyclic) bond motifs is 2. The number of aryl methyl sites for hydroxylation is 2. The Morgan fingerprint density at radius 2 is 1.86 bits per heavy atom. The molecule has 1 amide bonds. The average Bonchev–Trinajstić information content (AvgIpc) is 3.27. The summed E-state index contributed by atoms with van der Waals surface area (Å²) in [6.07, 6.45) is 2.45. The summed E-state index contributed by atoms with van der Waals surface area (Å²) in [5, 5.41) is 20.4. The maximum absolute atomic E-state index is 12.5. The third-order valence-electron chi connectivity index (χ3n) is 5.24. The van der Waals surface area contributed by atoms with Gasteiger partial charge in [-0.3, -0.25) is 4.79 Å². The van der Waals surface area contributed by atoms with Gasteiger partial charge >= 0.3 is 0 Å². The molecule has 0 bridgehead atoms. The highest BCUT2D eigenvalue weighted by Crippen LogP contribution is 2.40. The fraction of sp³-hybridized carbons (Fsp3) is 0.250. The number of rotatable bonds is 3. The minimum absolute atomic E-state index is 0.0286. The van der Waals surface area contributed by atoms with Gasteiger partial charge in [-0.05, 0) is 49.9 Å². The van der Waals surface area contributed by atoms with Crippen molar-refractivity contribution in [3.05, 3.63) is 59.0 Å². The van der Waals surface area contributed by atoms with Crippen LogP contribution in [0, 0.1) is 13.8 Å². The summed E-state index contributed by atoms with van der Waals surface area (Å²) in [6.45, 7) is 3.81. The first kappa shape index (κ1) is 17.9. The normalized spacial score (nSPS) is 16.1. The fourth-order valence-electron chi connectivity index (χ4n) is 3.83. The Bertz CT molecular complexity index is 1240. The minimum Gasteiger partial charge on any atom is -0.310 e. The van der Waals surface area contributed by atoms with Crippen LogP contribution >= 0.6 is 11.8 Å². The van der Waals surface area contributed by atoms with Crippen LogP contribution in [0.5, 0.6) is 0 Å². The van der Waals surface area contributed by atoms with Crippen molar-refractivity contribution in [2.45, 2.75) is 31.1 Å². The van der Waals surface area contributed by atoms with E-state index in [0.717, 1.165) is 16.8 Å². The third kappa shape index (κ3) is 2.89. The highest BCUT2D eigenvalue weighted by Gasteiger charge is 2.33. The molecule has 1 atom stereocenters. The lowest BCUT2D eigenvalue weighted by molar-refractivity contribution is -0.116. The Hall–Kier alpha value is -3.20. The molecular formula is C20H19N7OS. The van der Waals surface area contributed by atoms with Crippen molar-refractivity contribution >= 4 is 29.1 Å². The number of anilines is 1. The molecule has 1 aliphatic rings. The second-order valence-corrected chi connectivity index (χ2v) is 7.93. The highest BCUT2D eigenvalue weighted by molar-refractivity contribution is 7.98. The number of nitrogens with one attached hydrogen (secondary N) is 1. The molecule has 4 aromatic rings. The molecule has 0 saturated carbocycles. The smallest absolute Gasteiger partial charge is 0.226 e. The van der Waals surface area contributed by atoms with Crippen LogP contribution in [0.15, 0.2) is 41.3 Å². The second-order valence-electron chi connectivity index (χ2n) is 7.05. The van der Waals surface area contributed by atoms with E-state index in [9.17, 15) is 4.79 Å². The van der Waals surface area contributed by atoms with E-state index in [2.05, 4.69) is 51.1 Å². The summed E-state index contributed by atoms with van der Waals surface area (Å²) in [5.41, 5.74) is 3.68. The predicted octanol–water partition coefficient (Wildman–Crippen LogP) is 3.12. The summed E-state index contributed by atoms with van der Waals surface area (Å²) in [6, 6.07) is 12.1. The van der Waals surface area contributed by atoms with E-state index in [4.69, 9.17) is 5.10 Å². The molecule has 0 unspecified atom stereocenters. The standard InChI is InChI=1S/C20H19N7OS/c1-11-19-15(13-4-6-14(29-3)7-5-13)10-18(28)21-20(19)27(24-11)17-9-8-16-23-22-12(2)26(16)25-17/h4-9,15H,10H2,1-3H3,(H,21,28)/t15-/m0/s1. The molecule has 5 rings (SSSR count). The molecule has 1 aliphatic heterocycles. The molecule has 0 spiro atoms. The average molecular weight is 405 g/mol. The quantitative estimate of drug-likeness (QED) is 0.527. The molecule has 1 N–H and O–H groups in total. The van der Waals surface area contributed by atoms with Crippen LogP contribution in [-0.4, -0.2) is 41.8 Å². The zero-order chi connectivity index (χ0) is 20.1. The fourth-order valence-corrected chi connectivity index (χ4v) is 4.24. The van der Waals surface area contributed by atoms with E-state index in [-0.39, 0.29) is 11.8 Å². The molecule has 9 heteroatoms. The zero-order valence-electron chi connectivity index (χ0n) is 16.2. The van der Waals surface area contributed by atoms with E-state index < -0.39 is 0 Å². The maximum Gasteiger partial charge on any atom is 0.226 e. The molecule has 0 saturated heterocycles. The molecule has 0 radical (unpaired) electrons. The Morgan fingerprint density at radius 1 is 1.07 bits per heavy atom. The van der Waals surface area contributed by atoms with Crippen LogP contribution in [0.25, 0.3) is 11.5 Å². The van der Waals surface area contributed by atoms with Crippen LogP contribution in [0.2, 0.25) is 0 Å². The number of aromatic nitrogens is 6. The summed E-state index contributed by atoms with van der Waals surface area (Å²) in [5.74, 6) is 1.90. The van der Waals surface area contributed by atoms with E-state index in [1.165, 1.54) is 4.90 Å². The van der Waals surface area contributed by atoms with Gasteiger partial charge in [0, 0.05) is 22.8 Å². The van der Waals surface area contributed by atoms with E-state index in [1.807, 2.05) is 26.0 Å². The van der Waals surface area contributed by atoms with Gasteiger partial charge in [-0.2, -0.15) is 14.3 Å². The lowest BCUT2D eigenvalue weighted by Crippen LogP contribution is -2.25. The summed E-state index contributed by atoms with van der Waals surface area (Å²) in [7, 11) is 0. The van der Waals surface area contributed by atoms with Crippen LogP contribution < -0.4 is 5.32 Å². The van der Waals surface area contributed by atoms with Crippen molar-refractivity contribution in [1.82, 2.24) is 29.6 Å². The van der Waals surface area contributed by atoms with Crippen molar-refractivity contribution in [3.63, 3.8) is 0 Å². The summed E-state index contributed by atoms with van der Waals surface area (Å²) < 4.78 is 3.37. The number of carbonyl (C=O) groups excluding carboxylic acids is 1. The number of benzene rings is 1. The van der Waals surface area contributed by atoms with Crippen LogP contribution in [0.3, 0.4) is 0 Å². The maximum atomic E-state index is 12.5. The molecule has 146 valence electrons. The van der Waals surface area contributed by atoms with Gasteiger partial charge in [0.25, 0.3) is 0 Å². The van der Waals surface area contributed by atoms with Crippen molar-refractivity contribution < 1.29 is 4.79 Å². The van der Waals surface area contributed by atoms with Crippen LogP contribution in [0.1, 0.15) is 35.0 Å². The lowest BCUT2D eigenvalue weighted by atomic mass is 9.86.